The van der Waals surface area contributed by atoms with Crippen molar-refractivity contribution in [2.24, 2.45) is 0 Å². The number of rotatable bonds is 7. The van der Waals surface area contributed by atoms with Crippen LogP contribution in [0.4, 0.5) is 0 Å². The molecule has 0 N–H and O–H groups in total. The van der Waals surface area contributed by atoms with E-state index in [4.69, 9.17) is 0 Å². The van der Waals surface area contributed by atoms with Crippen molar-refractivity contribution in [1.82, 2.24) is 0 Å². The summed E-state index contributed by atoms with van der Waals surface area (Å²) in [6, 6.07) is 60.1. The van der Waals surface area contributed by atoms with E-state index in [0.717, 1.165) is 19.3 Å². The van der Waals surface area contributed by atoms with Gasteiger partial charge in [0.25, 0.3) is 0 Å². The first-order valence-corrected chi connectivity index (χ1v) is 17.3. The molecule has 0 bridgehead atoms. The first-order chi connectivity index (χ1) is 23.6. The maximum atomic E-state index is 2.54. The third kappa shape index (κ3) is 5.46. The number of hydrogen-bond acceptors (Lipinski definition) is 0. The van der Waals surface area contributed by atoms with Gasteiger partial charge in [-0.05, 0) is 97.6 Å². The third-order valence-corrected chi connectivity index (χ3v) is 10.5. The molecule has 1 aliphatic heterocycles. The van der Waals surface area contributed by atoms with Gasteiger partial charge in [0.1, 0.15) is 0 Å². The summed E-state index contributed by atoms with van der Waals surface area (Å²) in [5.41, 5.74) is 16.6. The van der Waals surface area contributed by atoms with Crippen molar-refractivity contribution in [3.05, 3.63) is 176 Å². The molecule has 0 fully saturated rings. The maximum absolute atomic E-state index is 2.54. The highest BCUT2D eigenvalue weighted by Crippen LogP contribution is 2.39. The van der Waals surface area contributed by atoms with Crippen LogP contribution >= 0.6 is 0 Å². The largest absolute Gasteiger partial charge is 0.213 e. The van der Waals surface area contributed by atoms with Crippen molar-refractivity contribution in [3.63, 3.8) is 0 Å². The van der Waals surface area contributed by atoms with E-state index < -0.39 is 0 Å². The van der Waals surface area contributed by atoms with Crippen molar-refractivity contribution in [2.75, 3.05) is 0 Å². The Kier molecular flexibility index (Phi) is 7.82. The van der Waals surface area contributed by atoms with E-state index in [-0.39, 0.29) is 5.54 Å². The molecule has 0 unspecified atom stereocenters. The lowest BCUT2D eigenvalue weighted by molar-refractivity contribution is -0.758. The first kappa shape index (κ1) is 29.8. The van der Waals surface area contributed by atoms with Crippen molar-refractivity contribution in [1.29, 1.82) is 0 Å². The van der Waals surface area contributed by atoms with Crippen LogP contribution in [0.1, 0.15) is 32.3 Å². The molecule has 1 aromatic heterocycles. The predicted octanol–water partition coefficient (Wildman–Crippen LogP) is 12.0. The molecule has 0 aliphatic carbocycles. The van der Waals surface area contributed by atoms with Gasteiger partial charge in [-0.25, -0.2) is 0 Å². The predicted molar refractivity (Wildman–Crippen MR) is 202 cm³/mol. The number of nitrogens with zero attached hydrogens (tertiary/aromatic N) is 1. The quantitative estimate of drug-likeness (QED) is 0.157. The lowest BCUT2D eigenvalue weighted by atomic mass is 9.78. The second-order valence-electron chi connectivity index (χ2n) is 13.1. The monoisotopic (exact) mass is 618 g/mol. The molecule has 0 saturated heterocycles. The minimum Gasteiger partial charge on any atom is -0.193 e. The van der Waals surface area contributed by atoms with Crippen LogP contribution in [0.25, 0.3) is 66.9 Å². The summed E-state index contributed by atoms with van der Waals surface area (Å²) in [5.74, 6) is 0. The Bertz CT molecular complexity index is 2240. The van der Waals surface area contributed by atoms with Crippen LogP contribution in [-0.4, -0.2) is 0 Å². The SMILES string of the molecule is CCC1(CC)Cc2ccc(-c3cccc(-c4cccc(-c5cccc(-c6cccc(-c7ccccc7)c6)c5)c4)c3)cc2-c2cccc[n+]21. The molecule has 232 valence electrons. The molecule has 0 saturated carbocycles. The molecule has 0 amide bonds. The number of benzene rings is 6. The number of pyridine rings is 1. The van der Waals surface area contributed by atoms with Gasteiger partial charge >= 0.3 is 0 Å². The standard InChI is InChI=1S/C47H40N/c1-3-47(4-2)33-44-26-25-43(32-45(44)46-24-8-9-27-48(46)47)42-23-13-22-41(31-42)40-21-12-20-39(30-40)38-19-11-18-37(29-38)36-17-10-16-35(28-36)34-14-6-5-7-15-34/h5-32H,3-4,33H2,1-2H3/q+1. The average molecular weight is 619 g/mol. The van der Waals surface area contributed by atoms with Crippen LogP contribution in [0.3, 0.4) is 0 Å². The molecule has 48 heavy (non-hydrogen) atoms. The number of hydrogen-bond donors (Lipinski definition) is 0. The van der Waals surface area contributed by atoms with Gasteiger partial charge in [-0.3, -0.25) is 0 Å². The smallest absolute Gasteiger partial charge is 0.193 e. The van der Waals surface area contributed by atoms with Gasteiger partial charge in [-0.2, -0.15) is 4.57 Å². The molecule has 2 heterocycles. The van der Waals surface area contributed by atoms with Gasteiger partial charge in [0.15, 0.2) is 11.7 Å². The molecule has 1 aliphatic rings. The van der Waals surface area contributed by atoms with E-state index in [0.29, 0.717) is 0 Å². The molecule has 1 nitrogen and oxygen atoms in total. The second kappa shape index (κ2) is 12.6. The molecule has 0 spiro atoms. The van der Waals surface area contributed by atoms with Crippen molar-refractivity contribution < 1.29 is 4.57 Å². The molecule has 0 atom stereocenters. The summed E-state index contributed by atoms with van der Waals surface area (Å²) in [5, 5.41) is 0. The minimum atomic E-state index is 0.141. The zero-order chi connectivity index (χ0) is 32.5. The lowest BCUT2D eigenvalue weighted by Gasteiger charge is -2.33. The van der Waals surface area contributed by atoms with Crippen LogP contribution in [0, 0.1) is 0 Å². The van der Waals surface area contributed by atoms with Gasteiger partial charge in [0.2, 0.25) is 5.69 Å². The fourth-order valence-electron chi connectivity index (χ4n) is 7.65. The van der Waals surface area contributed by atoms with E-state index >= 15 is 0 Å². The van der Waals surface area contributed by atoms with Crippen LogP contribution in [0.5, 0.6) is 0 Å². The normalized spacial score (nSPS) is 13.0. The molecular weight excluding hydrogens is 579 g/mol. The summed E-state index contributed by atoms with van der Waals surface area (Å²) in [7, 11) is 0. The average Bonchev–Trinajstić information content (AvgIpc) is 3.18. The van der Waals surface area contributed by atoms with Crippen LogP contribution in [-0.2, 0) is 12.0 Å². The Labute approximate surface area is 284 Å². The van der Waals surface area contributed by atoms with Gasteiger partial charge in [0.05, 0.1) is 5.56 Å². The maximum Gasteiger partial charge on any atom is 0.213 e. The van der Waals surface area contributed by atoms with Crippen molar-refractivity contribution in [3.8, 4) is 66.9 Å². The zero-order valence-electron chi connectivity index (χ0n) is 27.7. The van der Waals surface area contributed by atoms with E-state index in [1.807, 2.05) is 0 Å². The second-order valence-corrected chi connectivity index (χ2v) is 13.1. The Morgan fingerprint density at radius 3 is 1.31 bits per heavy atom. The van der Waals surface area contributed by atoms with Gasteiger partial charge in [0, 0.05) is 31.4 Å². The third-order valence-electron chi connectivity index (χ3n) is 10.5. The van der Waals surface area contributed by atoms with Gasteiger partial charge < -0.3 is 0 Å². The topological polar surface area (TPSA) is 3.88 Å². The van der Waals surface area contributed by atoms with Crippen molar-refractivity contribution in [2.45, 2.75) is 38.6 Å². The highest BCUT2D eigenvalue weighted by Gasteiger charge is 2.43. The van der Waals surface area contributed by atoms with Gasteiger partial charge in [-0.15, -0.1) is 0 Å². The molecular formula is C47H40N+. The summed E-state index contributed by atoms with van der Waals surface area (Å²) in [6.45, 7) is 4.66. The van der Waals surface area contributed by atoms with Crippen molar-refractivity contribution >= 4 is 0 Å². The Morgan fingerprint density at radius 1 is 0.417 bits per heavy atom. The molecule has 7 aromatic rings. The highest BCUT2D eigenvalue weighted by molar-refractivity contribution is 5.81. The molecule has 6 aromatic carbocycles. The lowest BCUT2D eigenvalue weighted by Crippen LogP contribution is -2.60. The summed E-state index contributed by atoms with van der Waals surface area (Å²) in [4.78, 5) is 0. The van der Waals surface area contributed by atoms with Crippen LogP contribution in [0.15, 0.2) is 170 Å². The highest BCUT2D eigenvalue weighted by atomic mass is 15.1. The molecule has 1 heteroatoms. The number of aromatic nitrogens is 1. The Balaban J connectivity index is 1.11. The Hall–Kier alpha value is -5.53. The summed E-state index contributed by atoms with van der Waals surface area (Å²) >= 11 is 0. The Morgan fingerprint density at radius 2 is 0.833 bits per heavy atom. The summed E-state index contributed by atoms with van der Waals surface area (Å²) < 4.78 is 2.54. The first-order valence-electron chi connectivity index (χ1n) is 17.3. The van der Waals surface area contributed by atoms with E-state index in [9.17, 15) is 0 Å². The molecule has 0 radical (unpaired) electrons. The number of fused-ring (bicyclic) bond motifs is 3. The summed E-state index contributed by atoms with van der Waals surface area (Å²) in [6.07, 6.45) is 5.60. The van der Waals surface area contributed by atoms with E-state index in [1.54, 1.807) is 0 Å². The fourth-order valence-corrected chi connectivity index (χ4v) is 7.65. The van der Waals surface area contributed by atoms with E-state index in [1.165, 1.54) is 72.5 Å². The van der Waals surface area contributed by atoms with E-state index in [2.05, 4.69) is 188 Å². The van der Waals surface area contributed by atoms with Crippen LogP contribution < -0.4 is 4.57 Å². The fraction of sp³-hybridized carbons (Fsp3) is 0.128. The minimum absolute atomic E-state index is 0.141. The molecule has 8 rings (SSSR count). The van der Waals surface area contributed by atoms with Gasteiger partial charge in [-0.1, -0.05) is 129 Å². The van der Waals surface area contributed by atoms with Crippen LogP contribution in [0.2, 0.25) is 0 Å². The zero-order valence-corrected chi connectivity index (χ0v) is 27.7.